The standard InChI is InChI=1S/C22H21FN2O3S/c23-19-7-3-4-8-20(19)28-12-11-24-21(26)14-29-15-22(27)25-18-10-9-16-5-1-2-6-17(16)13-18/h1-10,13H,11-12,14-15H2,(H,24,26)(H,25,27). The fraction of sp³-hybridized carbons (Fsp3) is 0.182. The number of thioether (sulfide) groups is 1. The molecule has 0 aromatic heterocycles. The van der Waals surface area contributed by atoms with Gasteiger partial charge in [0, 0.05) is 5.69 Å². The van der Waals surface area contributed by atoms with E-state index in [1.165, 1.54) is 23.9 Å². The highest BCUT2D eigenvalue weighted by Gasteiger charge is 2.07. The van der Waals surface area contributed by atoms with Crippen LogP contribution in [0.1, 0.15) is 0 Å². The predicted octanol–water partition coefficient (Wildman–Crippen LogP) is 3.85. The summed E-state index contributed by atoms with van der Waals surface area (Å²) < 4.78 is 18.7. The van der Waals surface area contributed by atoms with Crippen molar-refractivity contribution in [1.82, 2.24) is 5.32 Å². The Balaban J connectivity index is 1.32. The summed E-state index contributed by atoms with van der Waals surface area (Å²) in [6, 6.07) is 19.7. The third-order valence-electron chi connectivity index (χ3n) is 4.02. The predicted molar refractivity (Wildman–Crippen MR) is 115 cm³/mol. The van der Waals surface area contributed by atoms with Gasteiger partial charge < -0.3 is 15.4 Å². The molecule has 0 radical (unpaired) electrons. The van der Waals surface area contributed by atoms with E-state index in [-0.39, 0.29) is 42.2 Å². The SMILES string of the molecule is O=C(CSCC(=O)Nc1ccc2ccccc2c1)NCCOc1ccccc1F. The number of carbonyl (C=O) groups is 2. The molecule has 0 unspecified atom stereocenters. The highest BCUT2D eigenvalue weighted by molar-refractivity contribution is 8.00. The van der Waals surface area contributed by atoms with Crippen molar-refractivity contribution in [3.63, 3.8) is 0 Å². The van der Waals surface area contributed by atoms with Crippen LogP contribution < -0.4 is 15.4 Å². The summed E-state index contributed by atoms with van der Waals surface area (Å²) in [5.41, 5.74) is 0.726. The summed E-state index contributed by atoms with van der Waals surface area (Å²) in [5, 5.41) is 7.67. The lowest BCUT2D eigenvalue weighted by molar-refractivity contribution is -0.118. The molecule has 0 bridgehead atoms. The maximum atomic E-state index is 13.4. The quantitative estimate of drug-likeness (QED) is 0.524. The van der Waals surface area contributed by atoms with E-state index in [0.717, 1.165) is 16.5 Å². The van der Waals surface area contributed by atoms with Crippen LogP contribution in [0.25, 0.3) is 10.8 Å². The van der Waals surface area contributed by atoms with Gasteiger partial charge >= 0.3 is 0 Å². The molecule has 0 saturated carbocycles. The lowest BCUT2D eigenvalue weighted by Crippen LogP contribution is -2.30. The van der Waals surface area contributed by atoms with Crippen LogP contribution in [0.3, 0.4) is 0 Å². The molecular weight excluding hydrogens is 391 g/mol. The van der Waals surface area contributed by atoms with Gasteiger partial charge in [0.2, 0.25) is 11.8 Å². The number of amides is 2. The first-order valence-corrected chi connectivity index (χ1v) is 10.3. The second kappa shape index (κ2) is 10.5. The molecule has 0 aliphatic rings. The maximum absolute atomic E-state index is 13.4. The molecule has 150 valence electrons. The number of halogens is 1. The van der Waals surface area contributed by atoms with Crippen LogP contribution >= 0.6 is 11.8 Å². The summed E-state index contributed by atoms with van der Waals surface area (Å²) in [7, 11) is 0. The van der Waals surface area contributed by atoms with Crippen LogP contribution in [0.15, 0.2) is 66.7 Å². The number of benzene rings is 3. The summed E-state index contributed by atoms with van der Waals surface area (Å²) >= 11 is 1.22. The van der Waals surface area contributed by atoms with Gasteiger partial charge in [0.05, 0.1) is 18.1 Å². The molecule has 0 aliphatic carbocycles. The van der Waals surface area contributed by atoms with Crippen LogP contribution in [-0.4, -0.2) is 36.5 Å². The van der Waals surface area contributed by atoms with Gasteiger partial charge in [-0.2, -0.15) is 0 Å². The molecule has 0 aliphatic heterocycles. The van der Waals surface area contributed by atoms with Gasteiger partial charge in [0.15, 0.2) is 11.6 Å². The Morgan fingerprint density at radius 1 is 0.897 bits per heavy atom. The second-order valence-electron chi connectivity index (χ2n) is 6.23. The minimum Gasteiger partial charge on any atom is -0.489 e. The summed E-state index contributed by atoms with van der Waals surface area (Å²) in [6.45, 7) is 0.427. The molecule has 5 nitrogen and oxygen atoms in total. The Morgan fingerprint density at radius 3 is 2.45 bits per heavy atom. The first-order chi connectivity index (χ1) is 14.1. The molecule has 2 N–H and O–H groups in total. The van der Waals surface area contributed by atoms with E-state index in [2.05, 4.69) is 10.6 Å². The zero-order valence-electron chi connectivity index (χ0n) is 15.7. The van der Waals surface area contributed by atoms with Gasteiger partial charge in [0.25, 0.3) is 0 Å². The normalized spacial score (nSPS) is 10.5. The minimum absolute atomic E-state index is 0.154. The molecule has 2 amide bonds. The van der Waals surface area contributed by atoms with Crippen LogP contribution in [0.2, 0.25) is 0 Å². The zero-order valence-corrected chi connectivity index (χ0v) is 16.5. The van der Waals surface area contributed by atoms with Gasteiger partial charge in [-0.25, -0.2) is 4.39 Å². The summed E-state index contributed by atoms with van der Waals surface area (Å²) in [6.07, 6.45) is 0. The monoisotopic (exact) mass is 412 g/mol. The Morgan fingerprint density at radius 2 is 1.62 bits per heavy atom. The van der Waals surface area contributed by atoms with Crippen molar-refractivity contribution in [2.45, 2.75) is 0 Å². The molecule has 0 spiro atoms. The number of hydrogen-bond donors (Lipinski definition) is 2. The molecule has 0 fully saturated rings. The molecule has 29 heavy (non-hydrogen) atoms. The lowest BCUT2D eigenvalue weighted by atomic mass is 10.1. The Bertz CT molecular complexity index is 996. The molecule has 0 saturated heterocycles. The average Bonchev–Trinajstić information content (AvgIpc) is 2.72. The smallest absolute Gasteiger partial charge is 0.234 e. The van der Waals surface area contributed by atoms with Crippen molar-refractivity contribution in [3.8, 4) is 5.75 Å². The third-order valence-corrected chi connectivity index (χ3v) is 4.95. The van der Waals surface area contributed by atoms with Crippen molar-refractivity contribution in [3.05, 3.63) is 72.5 Å². The van der Waals surface area contributed by atoms with Crippen molar-refractivity contribution in [2.75, 3.05) is 30.0 Å². The lowest BCUT2D eigenvalue weighted by Gasteiger charge is -2.09. The van der Waals surface area contributed by atoms with Gasteiger partial charge in [-0.15, -0.1) is 11.8 Å². The van der Waals surface area contributed by atoms with Gasteiger partial charge in [0.1, 0.15) is 6.61 Å². The molecule has 7 heteroatoms. The van der Waals surface area contributed by atoms with Gasteiger partial charge in [-0.3, -0.25) is 9.59 Å². The Hall–Kier alpha value is -3.06. The molecule has 0 atom stereocenters. The fourth-order valence-electron chi connectivity index (χ4n) is 2.66. The highest BCUT2D eigenvalue weighted by Crippen LogP contribution is 2.19. The fourth-order valence-corrected chi connectivity index (χ4v) is 3.31. The van der Waals surface area contributed by atoms with E-state index in [9.17, 15) is 14.0 Å². The zero-order chi connectivity index (χ0) is 20.5. The van der Waals surface area contributed by atoms with Crippen molar-refractivity contribution >= 4 is 40.0 Å². The number of fused-ring (bicyclic) bond motifs is 1. The van der Waals surface area contributed by atoms with Gasteiger partial charge in [-0.1, -0.05) is 42.5 Å². The minimum atomic E-state index is -0.438. The highest BCUT2D eigenvalue weighted by atomic mass is 32.2. The Labute approximate surface area is 172 Å². The first-order valence-electron chi connectivity index (χ1n) is 9.12. The molecule has 3 rings (SSSR count). The van der Waals surface area contributed by atoms with Gasteiger partial charge in [-0.05, 0) is 35.0 Å². The third kappa shape index (κ3) is 6.50. The number of anilines is 1. The van der Waals surface area contributed by atoms with E-state index in [4.69, 9.17) is 4.74 Å². The molecule has 0 heterocycles. The van der Waals surface area contributed by atoms with Crippen LogP contribution in [0, 0.1) is 5.82 Å². The number of carbonyl (C=O) groups excluding carboxylic acids is 2. The summed E-state index contributed by atoms with van der Waals surface area (Å²) in [4.78, 5) is 23.9. The number of nitrogens with one attached hydrogen (secondary N) is 2. The van der Waals surface area contributed by atoms with E-state index in [0.29, 0.717) is 0 Å². The van der Waals surface area contributed by atoms with E-state index in [1.54, 1.807) is 12.1 Å². The molecular formula is C22H21FN2O3S. The van der Waals surface area contributed by atoms with Crippen molar-refractivity contribution in [2.24, 2.45) is 0 Å². The molecule has 3 aromatic rings. The van der Waals surface area contributed by atoms with E-state index in [1.807, 2.05) is 42.5 Å². The number of ether oxygens (including phenoxy) is 1. The average molecular weight is 412 g/mol. The van der Waals surface area contributed by atoms with Crippen molar-refractivity contribution in [1.29, 1.82) is 0 Å². The molecule has 3 aromatic carbocycles. The number of para-hydroxylation sites is 1. The van der Waals surface area contributed by atoms with E-state index < -0.39 is 5.82 Å². The number of hydrogen-bond acceptors (Lipinski definition) is 4. The topological polar surface area (TPSA) is 67.4 Å². The summed E-state index contributed by atoms with van der Waals surface area (Å²) in [5.74, 6) is -0.323. The second-order valence-corrected chi connectivity index (χ2v) is 7.22. The van der Waals surface area contributed by atoms with Crippen molar-refractivity contribution < 1.29 is 18.7 Å². The van der Waals surface area contributed by atoms with E-state index >= 15 is 0 Å². The number of rotatable bonds is 9. The van der Waals surface area contributed by atoms with Crippen LogP contribution in [0.4, 0.5) is 10.1 Å². The largest absolute Gasteiger partial charge is 0.489 e. The maximum Gasteiger partial charge on any atom is 0.234 e. The van der Waals surface area contributed by atoms with Crippen LogP contribution in [-0.2, 0) is 9.59 Å². The van der Waals surface area contributed by atoms with Crippen LogP contribution in [0.5, 0.6) is 5.75 Å². The first kappa shape index (κ1) is 20.7. The Kier molecular flexibility index (Phi) is 7.47.